The summed E-state index contributed by atoms with van der Waals surface area (Å²) in [5, 5.41) is 4.46. The van der Waals surface area contributed by atoms with Crippen LogP contribution in [0.5, 0.6) is 0 Å². The lowest BCUT2D eigenvalue weighted by Crippen LogP contribution is -2.48. The van der Waals surface area contributed by atoms with Gasteiger partial charge in [-0.1, -0.05) is 27.5 Å². The van der Waals surface area contributed by atoms with Gasteiger partial charge in [-0.2, -0.15) is 0 Å². The number of allylic oxidation sites excluding steroid dienone is 2. The molecule has 12 heteroatoms. The van der Waals surface area contributed by atoms with Crippen LogP contribution in [0.25, 0.3) is 0 Å². The van der Waals surface area contributed by atoms with Crippen LogP contribution in [0.1, 0.15) is 55.6 Å². The maximum Gasteiger partial charge on any atom is 0.236 e. The number of aryl methyl sites for hydroxylation is 1. The maximum atomic E-state index is 13.4. The number of dihydropyridines is 1. The third-order valence-electron chi connectivity index (χ3n) is 10.3. The molecule has 0 spiro atoms. The van der Waals surface area contributed by atoms with Gasteiger partial charge in [-0.25, -0.2) is 8.42 Å². The largest absolute Gasteiger partial charge is 0.383 e. The molecule has 5 aliphatic rings. The van der Waals surface area contributed by atoms with Crippen LogP contribution in [0, 0.1) is 11.8 Å². The molecule has 2 atom stereocenters. The van der Waals surface area contributed by atoms with Crippen LogP contribution in [-0.4, -0.2) is 98.3 Å². The maximum absolute atomic E-state index is 13.4. The van der Waals surface area contributed by atoms with Gasteiger partial charge in [0.05, 0.1) is 24.1 Å². The van der Waals surface area contributed by atoms with E-state index in [0.717, 1.165) is 65.6 Å². The SMILES string of the molecule is O=C(CC1CCN(C(=O)CN2CCS(=O)(=O)CC2)CC1)N1CCC([C@@H]2c3c(Br)cc(Cl)cc3CCC3=CC(Br)=CNC32)CC1. The number of halogens is 3. The van der Waals surface area contributed by atoms with Crippen molar-refractivity contribution in [3.05, 3.63) is 55.1 Å². The lowest BCUT2D eigenvalue weighted by atomic mass is 9.73. The molecule has 2 amide bonds. The predicted octanol–water partition coefficient (Wildman–Crippen LogP) is 4.86. The zero-order valence-electron chi connectivity index (χ0n) is 24.9. The monoisotopic (exact) mass is 770 g/mol. The van der Waals surface area contributed by atoms with Crippen molar-refractivity contribution in [3.63, 3.8) is 0 Å². The van der Waals surface area contributed by atoms with Gasteiger partial charge < -0.3 is 15.1 Å². The Morgan fingerprint density at radius 1 is 0.909 bits per heavy atom. The van der Waals surface area contributed by atoms with Gasteiger partial charge in [0.1, 0.15) is 0 Å². The Hall–Kier alpha value is -1.40. The molecule has 240 valence electrons. The third kappa shape index (κ3) is 7.42. The third-order valence-corrected chi connectivity index (χ3v) is 13.2. The van der Waals surface area contributed by atoms with E-state index in [1.807, 2.05) is 15.9 Å². The minimum absolute atomic E-state index is 0.0680. The minimum Gasteiger partial charge on any atom is -0.383 e. The molecule has 1 aromatic carbocycles. The highest BCUT2D eigenvalue weighted by Gasteiger charge is 2.40. The Morgan fingerprint density at radius 2 is 1.57 bits per heavy atom. The van der Waals surface area contributed by atoms with Crippen LogP contribution in [0.15, 0.2) is 38.9 Å². The fourth-order valence-electron chi connectivity index (χ4n) is 7.79. The average Bonchev–Trinajstić information content (AvgIpc) is 3.15. The number of carbonyl (C=O) groups is 2. The van der Waals surface area contributed by atoms with Crippen molar-refractivity contribution in [2.45, 2.75) is 56.9 Å². The van der Waals surface area contributed by atoms with Gasteiger partial charge in [-0.05, 0) is 101 Å². The van der Waals surface area contributed by atoms with Gasteiger partial charge in [0.2, 0.25) is 11.8 Å². The number of likely N-dealkylation sites (tertiary alicyclic amines) is 2. The van der Waals surface area contributed by atoms with Gasteiger partial charge in [0, 0.05) is 71.8 Å². The summed E-state index contributed by atoms with van der Waals surface area (Å²) in [6.45, 7) is 4.02. The zero-order chi connectivity index (χ0) is 31.0. The number of piperidine rings is 2. The molecule has 0 radical (unpaired) electrons. The summed E-state index contributed by atoms with van der Waals surface area (Å²) in [6, 6.07) is 4.37. The zero-order valence-corrected chi connectivity index (χ0v) is 29.7. The van der Waals surface area contributed by atoms with E-state index in [4.69, 9.17) is 11.6 Å². The summed E-state index contributed by atoms with van der Waals surface area (Å²) in [6.07, 6.45) is 10.4. The fraction of sp³-hybridized carbons (Fsp3) is 0.625. The molecule has 1 unspecified atom stereocenters. The van der Waals surface area contributed by atoms with E-state index in [1.54, 1.807) is 0 Å². The summed E-state index contributed by atoms with van der Waals surface area (Å²) >= 11 is 14.0. The minimum atomic E-state index is -2.95. The Balaban J connectivity index is 1.02. The number of nitrogens with zero attached hydrogens (tertiary/aromatic N) is 3. The molecule has 1 aromatic rings. The van der Waals surface area contributed by atoms with E-state index in [9.17, 15) is 18.0 Å². The van der Waals surface area contributed by atoms with Crippen molar-refractivity contribution in [2.24, 2.45) is 11.8 Å². The van der Waals surface area contributed by atoms with Gasteiger partial charge in [-0.15, -0.1) is 0 Å². The Morgan fingerprint density at radius 3 is 2.27 bits per heavy atom. The molecule has 0 aromatic heterocycles. The Kier molecular flexibility index (Phi) is 10.2. The van der Waals surface area contributed by atoms with Crippen molar-refractivity contribution in [3.8, 4) is 0 Å². The summed E-state index contributed by atoms with van der Waals surface area (Å²) < 4.78 is 25.5. The van der Waals surface area contributed by atoms with E-state index in [1.165, 1.54) is 16.7 Å². The number of nitrogens with one attached hydrogen (secondary N) is 1. The molecule has 0 saturated carbocycles. The predicted molar refractivity (Wildman–Crippen MR) is 181 cm³/mol. The van der Waals surface area contributed by atoms with Crippen LogP contribution >= 0.6 is 43.5 Å². The van der Waals surface area contributed by atoms with Gasteiger partial charge in [-0.3, -0.25) is 14.5 Å². The molecular weight excluding hydrogens is 732 g/mol. The van der Waals surface area contributed by atoms with Crippen LogP contribution in [-0.2, 0) is 25.8 Å². The molecule has 3 saturated heterocycles. The molecular formula is C32H41Br2ClN4O4S. The van der Waals surface area contributed by atoms with Crippen LogP contribution < -0.4 is 5.32 Å². The van der Waals surface area contributed by atoms with Crippen LogP contribution in [0.2, 0.25) is 5.02 Å². The summed E-state index contributed by atoms with van der Waals surface area (Å²) in [5.74, 6) is 1.59. The van der Waals surface area contributed by atoms with E-state index in [0.29, 0.717) is 44.4 Å². The van der Waals surface area contributed by atoms with Crippen molar-refractivity contribution in [1.29, 1.82) is 0 Å². The Bertz CT molecular complexity index is 1440. The number of amides is 2. The summed E-state index contributed by atoms with van der Waals surface area (Å²) in [4.78, 5) is 32.2. The first-order valence-corrected chi connectivity index (χ1v) is 19.6. The highest BCUT2D eigenvalue weighted by atomic mass is 79.9. The van der Waals surface area contributed by atoms with E-state index < -0.39 is 9.84 Å². The molecule has 44 heavy (non-hydrogen) atoms. The Labute approximate surface area is 282 Å². The standard InChI is InChI=1S/C32H41Br2ClN4O4S/c33-25-16-24-2-1-23-17-26(35)18-27(34)30(23)31(32(24)36-19-25)22-5-9-38(10-6-22)28(40)15-21-3-7-39(8-4-21)29(41)20-37-11-13-44(42,43)14-12-37/h16-19,21-22,31-32,36H,1-15,20H2/t31-,32?/m1/s1. The topological polar surface area (TPSA) is 90.0 Å². The fourth-order valence-corrected chi connectivity index (χ4v) is 10.6. The number of hydrogen-bond donors (Lipinski definition) is 1. The summed E-state index contributed by atoms with van der Waals surface area (Å²) in [7, 11) is -2.95. The van der Waals surface area contributed by atoms with Gasteiger partial charge in [0.25, 0.3) is 0 Å². The highest BCUT2D eigenvalue weighted by Crippen LogP contribution is 2.47. The lowest BCUT2D eigenvalue weighted by molar-refractivity contribution is -0.135. The number of benzene rings is 1. The second-order valence-electron chi connectivity index (χ2n) is 13.1. The number of carbonyl (C=O) groups excluding carboxylic acids is 2. The second kappa shape index (κ2) is 13.8. The first-order valence-electron chi connectivity index (χ1n) is 15.8. The second-order valence-corrected chi connectivity index (χ2v) is 17.6. The van der Waals surface area contributed by atoms with Gasteiger partial charge in [0.15, 0.2) is 9.84 Å². The molecule has 4 aliphatic heterocycles. The van der Waals surface area contributed by atoms with Crippen molar-refractivity contribution >= 4 is 65.1 Å². The van der Waals surface area contributed by atoms with Gasteiger partial charge >= 0.3 is 0 Å². The molecule has 6 rings (SSSR count). The quantitative estimate of drug-likeness (QED) is 0.460. The van der Waals surface area contributed by atoms with E-state index in [-0.39, 0.29) is 41.8 Å². The first-order chi connectivity index (χ1) is 21.1. The average molecular weight is 773 g/mol. The van der Waals surface area contributed by atoms with Crippen LogP contribution in [0.3, 0.4) is 0 Å². The van der Waals surface area contributed by atoms with Crippen molar-refractivity contribution in [2.75, 3.05) is 57.3 Å². The molecule has 1 N–H and O–H groups in total. The number of fused-ring (bicyclic) bond motifs is 2. The van der Waals surface area contributed by atoms with E-state index >= 15 is 0 Å². The molecule has 1 aliphatic carbocycles. The first kappa shape index (κ1) is 32.5. The molecule has 0 bridgehead atoms. The summed E-state index contributed by atoms with van der Waals surface area (Å²) in [5.41, 5.74) is 4.09. The number of rotatable bonds is 5. The number of sulfone groups is 1. The molecule has 3 fully saturated rings. The lowest BCUT2D eigenvalue weighted by Gasteiger charge is -2.41. The smallest absolute Gasteiger partial charge is 0.236 e. The van der Waals surface area contributed by atoms with Crippen molar-refractivity contribution < 1.29 is 18.0 Å². The number of hydrogen-bond acceptors (Lipinski definition) is 6. The van der Waals surface area contributed by atoms with E-state index in [2.05, 4.69) is 60.4 Å². The molecule has 8 nitrogen and oxygen atoms in total. The van der Waals surface area contributed by atoms with Crippen LogP contribution in [0.4, 0.5) is 0 Å². The molecule has 4 heterocycles. The highest BCUT2D eigenvalue weighted by molar-refractivity contribution is 9.12. The normalized spacial score (nSPS) is 26.5. The van der Waals surface area contributed by atoms with Crippen molar-refractivity contribution in [1.82, 2.24) is 20.0 Å².